The molecule has 192 valence electrons. The van der Waals surface area contributed by atoms with Gasteiger partial charge in [-0.15, -0.1) is 0 Å². The Bertz CT molecular complexity index is 1100. The molecule has 13 heteroatoms. The molecule has 0 atom stereocenters. The molecule has 0 bridgehead atoms. The highest BCUT2D eigenvalue weighted by molar-refractivity contribution is 5.93. The van der Waals surface area contributed by atoms with E-state index < -0.39 is 12.1 Å². The summed E-state index contributed by atoms with van der Waals surface area (Å²) in [6.07, 6.45) is -0.0566. The van der Waals surface area contributed by atoms with Gasteiger partial charge in [-0.3, -0.25) is 9.59 Å². The van der Waals surface area contributed by atoms with Gasteiger partial charge < -0.3 is 25.6 Å². The number of hydrogen-bond donors (Lipinski definition) is 4. The highest BCUT2D eigenvalue weighted by Gasteiger charge is 2.38. The Hall–Kier alpha value is -3.64. The number of nitrogens with one attached hydrogen (secondary N) is 3. The molecule has 1 aliphatic rings. The number of aromatic amines is 1. The third kappa shape index (κ3) is 7.97. The lowest BCUT2D eigenvalue weighted by atomic mass is 9.91. The van der Waals surface area contributed by atoms with E-state index in [2.05, 4.69) is 25.6 Å². The lowest BCUT2D eigenvalue weighted by molar-refractivity contribution is -0.192. The van der Waals surface area contributed by atoms with Gasteiger partial charge in [0.1, 0.15) is 11.4 Å². The molecule has 0 unspecified atom stereocenters. The molecule has 3 rings (SSSR count). The van der Waals surface area contributed by atoms with Gasteiger partial charge in [-0.1, -0.05) is 0 Å². The summed E-state index contributed by atoms with van der Waals surface area (Å²) in [6.45, 7) is 4.02. The van der Waals surface area contributed by atoms with E-state index in [-0.39, 0.29) is 29.1 Å². The Morgan fingerprint density at radius 1 is 1.11 bits per heavy atom. The van der Waals surface area contributed by atoms with Crippen LogP contribution in [0.1, 0.15) is 47.3 Å². The number of aromatic nitrogens is 3. The van der Waals surface area contributed by atoms with Crippen LogP contribution in [0.15, 0.2) is 23.1 Å². The van der Waals surface area contributed by atoms with Crippen LogP contribution in [0.4, 0.5) is 24.9 Å². The molecule has 2 heterocycles. The van der Waals surface area contributed by atoms with Crippen molar-refractivity contribution in [3.8, 4) is 0 Å². The maximum Gasteiger partial charge on any atom is 0.490 e. The highest BCUT2D eigenvalue weighted by atomic mass is 19.4. The number of aliphatic carboxylic acids is 1. The Morgan fingerprint density at radius 3 is 2.20 bits per heavy atom. The fourth-order valence-corrected chi connectivity index (χ4v) is 3.54. The van der Waals surface area contributed by atoms with Gasteiger partial charge >= 0.3 is 12.1 Å². The Labute approximate surface area is 200 Å². The summed E-state index contributed by atoms with van der Waals surface area (Å²) in [5, 5.41) is 13.5. The minimum Gasteiger partial charge on any atom is -0.475 e. The first-order valence-corrected chi connectivity index (χ1v) is 10.9. The van der Waals surface area contributed by atoms with E-state index in [1.54, 1.807) is 12.1 Å². The summed E-state index contributed by atoms with van der Waals surface area (Å²) in [6, 6.07) is 3.54. The number of pyridine rings is 1. The van der Waals surface area contributed by atoms with E-state index in [0.29, 0.717) is 5.95 Å². The van der Waals surface area contributed by atoms with Gasteiger partial charge in [0.25, 0.3) is 11.5 Å². The molecule has 4 N–H and O–H groups in total. The zero-order valence-electron chi connectivity index (χ0n) is 19.9. The van der Waals surface area contributed by atoms with Crippen LogP contribution in [0, 0.1) is 13.8 Å². The maximum absolute atomic E-state index is 12.3. The summed E-state index contributed by atoms with van der Waals surface area (Å²) in [7, 11) is 3.95. The standard InChI is InChI=1S/C20H28N6O2.C2HF3O2/c1-12-13(2)22-20(25-17(12)26(3)4)24-15-9-7-14(8-10-15)23-19(28)16-6-5-11-21-18(16)27;3-2(4,5)1(6)7/h5-6,11,14-15H,7-10H2,1-4H3,(H,21,27)(H,23,28)(H,22,24,25);(H,6,7). The quantitative estimate of drug-likeness (QED) is 0.493. The van der Waals surface area contributed by atoms with Gasteiger partial charge in [0.15, 0.2) is 0 Å². The van der Waals surface area contributed by atoms with Gasteiger partial charge in [-0.05, 0) is 51.7 Å². The minimum atomic E-state index is -5.08. The second-order valence-electron chi connectivity index (χ2n) is 8.36. The Kier molecular flexibility index (Phi) is 9.20. The number of rotatable bonds is 5. The van der Waals surface area contributed by atoms with E-state index in [1.807, 2.05) is 32.8 Å². The monoisotopic (exact) mass is 498 g/mol. The number of halogens is 3. The van der Waals surface area contributed by atoms with Crippen molar-refractivity contribution in [3.05, 3.63) is 45.5 Å². The Morgan fingerprint density at radius 2 is 1.69 bits per heavy atom. The number of carbonyl (C=O) groups excluding carboxylic acids is 1. The number of carboxylic acid groups (broad SMARTS) is 1. The van der Waals surface area contributed by atoms with Crippen LogP contribution in [-0.4, -0.2) is 64.3 Å². The van der Waals surface area contributed by atoms with E-state index >= 15 is 0 Å². The predicted molar refractivity (Wildman–Crippen MR) is 124 cm³/mol. The van der Waals surface area contributed by atoms with Gasteiger partial charge in [-0.2, -0.15) is 18.2 Å². The number of anilines is 2. The molecule has 10 nitrogen and oxygen atoms in total. The molecule has 0 radical (unpaired) electrons. The first kappa shape index (κ1) is 27.6. The van der Waals surface area contributed by atoms with Gasteiger partial charge in [0.05, 0.1) is 0 Å². The number of carboxylic acids is 1. The molecule has 1 saturated carbocycles. The van der Waals surface area contributed by atoms with E-state index in [1.165, 1.54) is 6.20 Å². The van der Waals surface area contributed by atoms with Crippen LogP contribution in [0.25, 0.3) is 0 Å². The molecular formula is C22H29F3N6O4. The first-order chi connectivity index (χ1) is 16.3. The highest BCUT2D eigenvalue weighted by Crippen LogP contribution is 2.24. The summed E-state index contributed by atoms with van der Waals surface area (Å²) in [5.41, 5.74) is 1.84. The SMILES string of the molecule is Cc1nc(NC2CCC(NC(=O)c3ccc[nH]c3=O)CC2)nc(N(C)C)c1C.O=C(O)C(F)(F)F. The van der Waals surface area contributed by atoms with Crippen molar-refractivity contribution < 1.29 is 27.9 Å². The normalized spacial score (nSPS) is 17.6. The molecule has 1 amide bonds. The third-order valence-electron chi connectivity index (χ3n) is 5.49. The smallest absolute Gasteiger partial charge is 0.475 e. The fraction of sp³-hybridized carbons (Fsp3) is 0.500. The predicted octanol–water partition coefficient (Wildman–Crippen LogP) is 2.63. The summed E-state index contributed by atoms with van der Waals surface area (Å²) in [5.74, 6) is -1.50. The zero-order chi connectivity index (χ0) is 26.3. The summed E-state index contributed by atoms with van der Waals surface area (Å²) >= 11 is 0. The lowest BCUT2D eigenvalue weighted by Gasteiger charge is -2.30. The Balaban J connectivity index is 0.000000540. The molecule has 0 aromatic carbocycles. The zero-order valence-corrected chi connectivity index (χ0v) is 19.9. The number of hydrogen-bond acceptors (Lipinski definition) is 7. The van der Waals surface area contributed by atoms with Crippen molar-refractivity contribution in [1.82, 2.24) is 20.3 Å². The molecule has 2 aromatic rings. The summed E-state index contributed by atoms with van der Waals surface area (Å²) < 4.78 is 31.7. The van der Waals surface area contributed by atoms with E-state index in [4.69, 9.17) is 9.90 Å². The van der Waals surface area contributed by atoms with Gasteiger partial charge in [-0.25, -0.2) is 9.78 Å². The third-order valence-corrected chi connectivity index (χ3v) is 5.49. The number of H-pyrrole nitrogens is 1. The molecule has 0 aliphatic heterocycles. The van der Waals surface area contributed by atoms with Crippen molar-refractivity contribution in [1.29, 1.82) is 0 Å². The molecule has 0 spiro atoms. The number of nitrogens with zero attached hydrogens (tertiary/aromatic N) is 3. The van der Waals surface area contributed by atoms with Gasteiger partial charge in [0.2, 0.25) is 5.95 Å². The number of amides is 1. The number of alkyl halides is 3. The second-order valence-corrected chi connectivity index (χ2v) is 8.36. The van der Waals surface area contributed by atoms with E-state index in [9.17, 15) is 22.8 Å². The summed E-state index contributed by atoms with van der Waals surface area (Å²) in [4.78, 5) is 46.7. The molecular weight excluding hydrogens is 469 g/mol. The van der Waals surface area contributed by atoms with Crippen LogP contribution < -0.4 is 21.1 Å². The first-order valence-electron chi connectivity index (χ1n) is 10.9. The van der Waals surface area contributed by atoms with Crippen LogP contribution in [0.3, 0.4) is 0 Å². The fourth-order valence-electron chi connectivity index (χ4n) is 3.54. The second kappa shape index (κ2) is 11.7. The molecule has 1 fully saturated rings. The minimum absolute atomic E-state index is 0.0724. The average Bonchev–Trinajstić information content (AvgIpc) is 2.77. The lowest BCUT2D eigenvalue weighted by Crippen LogP contribution is -2.41. The number of aryl methyl sites for hydroxylation is 1. The van der Waals surface area contributed by atoms with Crippen LogP contribution >= 0.6 is 0 Å². The van der Waals surface area contributed by atoms with Crippen molar-refractivity contribution in [2.75, 3.05) is 24.3 Å². The molecule has 35 heavy (non-hydrogen) atoms. The maximum atomic E-state index is 12.3. The van der Waals surface area contributed by atoms with Crippen LogP contribution in [0.2, 0.25) is 0 Å². The van der Waals surface area contributed by atoms with Crippen molar-refractivity contribution >= 4 is 23.6 Å². The van der Waals surface area contributed by atoms with Gasteiger partial charge in [0, 0.05) is 43.6 Å². The van der Waals surface area contributed by atoms with Crippen LogP contribution in [-0.2, 0) is 4.79 Å². The van der Waals surface area contributed by atoms with Crippen molar-refractivity contribution in [2.45, 2.75) is 57.8 Å². The van der Waals surface area contributed by atoms with Crippen LogP contribution in [0.5, 0.6) is 0 Å². The molecule has 2 aromatic heterocycles. The van der Waals surface area contributed by atoms with E-state index in [0.717, 1.165) is 42.8 Å². The van der Waals surface area contributed by atoms with Crippen molar-refractivity contribution in [3.63, 3.8) is 0 Å². The largest absolute Gasteiger partial charge is 0.490 e. The topological polar surface area (TPSA) is 140 Å². The average molecular weight is 499 g/mol. The molecule has 0 saturated heterocycles. The van der Waals surface area contributed by atoms with Crippen molar-refractivity contribution in [2.24, 2.45) is 0 Å². The molecule has 1 aliphatic carbocycles. The number of carbonyl (C=O) groups is 2.